The quantitative estimate of drug-likeness (QED) is 0.698. The molecule has 0 aliphatic carbocycles. The van der Waals surface area contributed by atoms with Gasteiger partial charge in [-0.1, -0.05) is 12.1 Å². The molecule has 0 bridgehead atoms. The SMILES string of the molecule is Oc1cccc2c(-c3ccco3)nc(Br)nc12. The molecule has 0 saturated carbocycles. The summed E-state index contributed by atoms with van der Waals surface area (Å²) < 4.78 is 5.74. The second-order valence-corrected chi connectivity index (χ2v) is 4.20. The van der Waals surface area contributed by atoms with Gasteiger partial charge < -0.3 is 9.52 Å². The number of hydrogen-bond donors (Lipinski definition) is 1. The van der Waals surface area contributed by atoms with Crippen LogP contribution in [0.5, 0.6) is 5.75 Å². The summed E-state index contributed by atoms with van der Waals surface area (Å²) in [5.74, 6) is 0.766. The Morgan fingerprint density at radius 1 is 1.12 bits per heavy atom. The van der Waals surface area contributed by atoms with Crippen LogP contribution in [0, 0.1) is 0 Å². The zero-order valence-electron chi connectivity index (χ0n) is 8.59. The van der Waals surface area contributed by atoms with Gasteiger partial charge >= 0.3 is 0 Å². The Bertz CT molecular complexity index is 680. The van der Waals surface area contributed by atoms with Crippen LogP contribution in [-0.4, -0.2) is 15.1 Å². The molecule has 0 radical (unpaired) electrons. The van der Waals surface area contributed by atoms with Gasteiger partial charge in [0.15, 0.2) is 10.5 Å². The molecule has 0 spiro atoms. The van der Waals surface area contributed by atoms with Crippen LogP contribution < -0.4 is 0 Å². The van der Waals surface area contributed by atoms with Gasteiger partial charge in [-0.25, -0.2) is 9.97 Å². The third kappa shape index (κ3) is 1.68. The second kappa shape index (κ2) is 3.85. The number of phenolic OH excluding ortho intramolecular Hbond substituents is 1. The van der Waals surface area contributed by atoms with Crippen LogP contribution >= 0.6 is 15.9 Å². The van der Waals surface area contributed by atoms with Crippen molar-refractivity contribution in [3.63, 3.8) is 0 Å². The van der Waals surface area contributed by atoms with E-state index in [9.17, 15) is 5.11 Å². The number of halogens is 1. The van der Waals surface area contributed by atoms with Crippen molar-refractivity contribution >= 4 is 26.8 Å². The van der Waals surface area contributed by atoms with Crippen molar-refractivity contribution in [1.82, 2.24) is 9.97 Å². The summed E-state index contributed by atoms with van der Waals surface area (Å²) in [5, 5.41) is 10.5. The van der Waals surface area contributed by atoms with Gasteiger partial charge in [0, 0.05) is 5.39 Å². The fraction of sp³-hybridized carbons (Fsp3) is 0. The topological polar surface area (TPSA) is 59.2 Å². The van der Waals surface area contributed by atoms with E-state index in [1.807, 2.05) is 12.1 Å². The summed E-state index contributed by atoms with van der Waals surface area (Å²) in [6.07, 6.45) is 1.58. The molecule has 84 valence electrons. The Kier molecular flexibility index (Phi) is 2.33. The van der Waals surface area contributed by atoms with Crippen LogP contribution in [0.1, 0.15) is 0 Å². The Balaban J connectivity index is 2.42. The standard InChI is InChI=1S/C12H7BrN2O2/c13-12-14-10-7(3-1-4-8(10)16)11(15-12)9-5-2-6-17-9/h1-6,16H. The van der Waals surface area contributed by atoms with Gasteiger partial charge in [0.1, 0.15) is 17.0 Å². The number of furan rings is 1. The van der Waals surface area contributed by atoms with Crippen LogP contribution in [-0.2, 0) is 0 Å². The van der Waals surface area contributed by atoms with E-state index in [-0.39, 0.29) is 5.75 Å². The van der Waals surface area contributed by atoms with E-state index in [0.29, 0.717) is 21.7 Å². The summed E-state index contributed by atoms with van der Waals surface area (Å²) in [7, 11) is 0. The summed E-state index contributed by atoms with van der Waals surface area (Å²) in [6, 6.07) is 8.80. The van der Waals surface area contributed by atoms with Crippen LogP contribution in [0.4, 0.5) is 0 Å². The minimum absolute atomic E-state index is 0.124. The number of phenols is 1. The van der Waals surface area contributed by atoms with Crippen molar-refractivity contribution in [2.45, 2.75) is 0 Å². The van der Waals surface area contributed by atoms with E-state index >= 15 is 0 Å². The predicted octanol–water partition coefficient (Wildman–Crippen LogP) is 3.36. The number of hydrogen-bond acceptors (Lipinski definition) is 4. The van der Waals surface area contributed by atoms with Gasteiger partial charge in [0.25, 0.3) is 0 Å². The third-order valence-electron chi connectivity index (χ3n) is 2.43. The molecule has 1 N–H and O–H groups in total. The van der Waals surface area contributed by atoms with Crippen LogP contribution in [0.3, 0.4) is 0 Å². The Labute approximate surface area is 105 Å². The molecule has 2 heterocycles. The zero-order valence-corrected chi connectivity index (χ0v) is 10.2. The Hall–Kier alpha value is -1.88. The lowest BCUT2D eigenvalue weighted by molar-refractivity contribution is 0.480. The molecule has 0 amide bonds. The van der Waals surface area contributed by atoms with E-state index in [1.54, 1.807) is 24.5 Å². The van der Waals surface area contributed by atoms with Gasteiger partial charge in [-0.3, -0.25) is 0 Å². The number of fused-ring (bicyclic) bond motifs is 1. The van der Waals surface area contributed by atoms with Crippen molar-refractivity contribution in [3.8, 4) is 17.2 Å². The largest absolute Gasteiger partial charge is 0.506 e. The molecule has 3 rings (SSSR count). The summed E-state index contributed by atoms with van der Waals surface area (Å²) in [4.78, 5) is 8.45. The van der Waals surface area contributed by atoms with Gasteiger partial charge in [-0.2, -0.15) is 0 Å². The molecule has 4 nitrogen and oxygen atoms in total. The number of benzene rings is 1. The van der Waals surface area contributed by atoms with E-state index in [1.165, 1.54) is 0 Å². The molecule has 0 fully saturated rings. The maximum atomic E-state index is 9.78. The van der Waals surface area contributed by atoms with Crippen LogP contribution in [0.25, 0.3) is 22.4 Å². The van der Waals surface area contributed by atoms with Crippen LogP contribution in [0.15, 0.2) is 45.7 Å². The molecule has 17 heavy (non-hydrogen) atoms. The average Bonchev–Trinajstić information content (AvgIpc) is 2.83. The van der Waals surface area contributed by atoms with Gasteiger partial charge in [-0.05, 0) is 34.1 Å². The molecular weight excluding hydrogens is 284 g/mol. The molecule has 5 heteroatoms. The second-order valence-electron chi connectivity index (χ2n) is 3.49. The number of para-hydroxylation sites is 1. The number of rotatable bonds is 1. The molecule has 1 aromatic carbocycles. The third-order valence-corrected chi connectivity index (χ3v) is 2.79. The highest BCUT2D eigenvalue weighted by atomic mass is 79.9. The zero-order chi connectivity index (χ0) is 11.8. The summed E-state index contributed by atoms with van der Waals surface area (Å²) in [5.41, 5.74) is 1.16. The molecule has 0 saturated heterocycles. The van der Waals surface area contributed by atoms with Crippen molar-refractivity contribution in [3.05, 3.63) is 41.3 Å². The van der Waals surface area contributed by atoms with E-state index in [0.717, 1.165) is 5.39 Å². The average molecular weight is 291 g/mol. The van der Waals surface area contributed by atoms with Crippen LogP contribution in [0.2, 0.25) is 0 Å². The maximum absolute atomic E-state index is 9.78. The van der Waals surface area contributed by atoms with E-state index in [4.69, 9.17) is 4.42 Å². The first-order valence-corrected chi connectivity index (χ1v) is 5.74. The predicted molar refractivity (Wildman–Crippen MR) is 66.6 cm³/mol. The minimum atomic E-state index is 0.124. The first-order valence-electron chi connectivity index (χ1n) is 4.95. The Morgan fingerprint density at radius 2 is 2.00 bits per heavy atom. The molecule has 3 aromatic rings. The van der Waals surface area contributed by atoms with Crippen molar-refractivity contribution < 1.29 is 9.52 Å². The highest BCUT2D eigenvalue weighted by Gasteiger charge is 2.12. The lowest BCUT2D eigenvalue weighted by Gasteiger charge is -2.04. The smallest absolute Gasteiger partial charge is 0.197 e. The number of aromatic hydroxyl groups is 1. The fourth-order valence-corrected chi connectivity index (χ4v) is 2.07. The monoisotopic (exact) mass is 290 g/mol. The van der Waals surface area contributed by atoms with Gasteiger partial charge in [0.05, 0.1) is 6.26 Å². The summed E-state index contributed by atoms with van der Waals surface area (Å²) >= 11 is 3.23. The van der Waals surface area contributed by atoms with Gasteiger partial charge in [-0.15, -0.1) is 0 Å². The molecule has 0 atom stereocenters. The molecule has 2 aromatic heterocycles. The lowest BCUT2D eigenvalue weighted by Crippen LogP contribution is -1.90. The minimum Gasteiger partial charge on any atom is -0.506 e. The highest BCUT2D eigenvalue weighted by molar-refractivity contribution is 9.10. The normalized spacial score (nSPS) is 10.9. The first-order chi connectivity index (χ1) is 8.25. The van der Waals surface area contributed by atoms with E-state index in [2.05, 4.69) is 25.9 Å². The van der Waals surface area contributed by atoms with Crippen molar-refractivity contribution in [2.75, 3.05) is 0 Å². The lowest BCUT2D eigenvalue weighted by atomic mass is 10.1. The number of nitrogens with zero attached hydrogens (tertiary/aromatic N) is 2. The number of aromatic nitrogens is 2. The van der Waals surface area contributed by atoms with Crippen molar-refractivity contribution in [1.29, 1.82) is 0 Å². The van der Waals surface area contributed by atoms with E-state index < -0.39 is 0 Å². The first kappa shape index (κ1) is 10.3. The maximum Gasteiger partial charge on any atom is 0.197 e. The highest BCUT2D eigenvalue weighted by Crippen LogP contribution is 2.31. The van der Waals surface area contributed by atoms with Crippen molar-refractivity contribution in [2.24, 2.45) is 0 Å². The van der Waals surface area contributed by atoms with Gasteiger partial charge in [0.2, 0.25) is 0 Å². The molecule has 0 aliphatic rings. The molecule has 0 unspecified atom stereocenters. The molecule has 0 aliphatic heterocycles. The Morgan fingerprint density at radius 3 is 2.76 bits per heavy atom. The summed E-state index contributed by atoms with van der Waals surface area (Å²) in [6.45, 7) is 0. The fourth-order valence-electron chi connectivity index (χ4n) is 1.71. The molecular formula is C12H7BrN2O2.